The number of carbonyl (C=O) groups is 1. The maximum atomic E-state index is 13.4. The summed E-state index contributed by atoms with van der Waals surface area (Å²) in [6.45, 7) is 2.75. The molecule has 0 amide bonds. The van der Waals surface area contributed by atoms with Crippen LogP contribution >= 0.6 is 0 Å². The van der Waals surface area contributed by atoms with E-state index < -0.39 is 5.41 Å². The van der Waals surface area contributed by atoms with Crippen molar-refractivity contribution < 1.29 is 18.7 Å². The van der Waals surface area contributed by atoms with Crippen molar-refractivity contribution in [3.8, 4) is 0 Å². The number of methoxy groups -OCH3 is 1. The van der Waals surface area contributed by atoms with Gasteiger partial charge in [-0.2, -0.15) is 0 Å². The van der Waals surface area contributed by atoms with E-state index >= 15 is 0 Å². The lowest BCUT2D eigenvalue weighted by Gasteiger charge is -2.47. The van der Waals surface area contributed by atoms with Crippen LogP contribution in [0.25, 0.3) is 0 Å². The molecule has 102 valence electrons. The zero-order valence-electron chi connectivity index (χ0n) is 11.2. The van der Waals surface area contributed by atoms with Gasteiger partial charge in [0.1, 0.15) is 5.82 Å². The Morgan fingerprint density at radius 3 is 2.47 bits per heavy atom. The van der Waals surface area contributed by atoms with E-state index in [1.165, 1.54) is 13.2 Å². The van der Waals surface area contributed by atoms with Crippen LogP contribution in [0.3, 0.4) is 0 Å². The highest BCUT2D eigenvalue weighted by Gasteiger charge is 2.68. The van der Waals surface area contributed by atoms with Crippen molar-refractivity contribution in [2.24, 2.45) is 5.41 Å². The number of aryl methyl sites for hydroxylation is 1. The number of hydrogen-bond donors (Lipinski definition) is 0. The molecule has 4 heteroatoms. The fraction of sp³-hybridized carbons (Fsp3) is 0.533. The maximum absolute atomic E-state index is 13.4. The Bertz CT molecular complexity index is 530. The zero-order valence-corrected chi connectivity index (χ0v) is 11.2. The van der Waals surface area contributed by atoms with Crippen LogP contribution < -0.4 is 0 Å². The van der Waals surface area contributed by atoms with E-state index in [4.69, 9.17) is 9.47 Å². The van der Waals surface area contributed by atoms with E-state index in [1.807, 2.05) is 6.07 Å². The van der Waals surface area contributed by atoms with Crippen molar-refractivity contribution in [1.82, 2.24) is 0 Å². The Hall–Kier alpha value is -1.42. The van der Waals surface area contributed by atoms with Gasteiger partial charge >= 0.3 is 5.97 Å². The molecular formula is C15H17FO3. The van der Waals surface area contributed by atoms with Gasteiger partial charge in [-0.05, 0) is 37.0 Å². The second-order valence-electron chi connectivity index (χ2n) is 5.61. The van der Waals surface area contributed by atoms with Crippen molar-refractivity contribution in [2.75, 3.05) is 20.3 Å². The summed E-state index contributed by atoms with van der Waals surface area (Å²) < 4.78 is 23.8. The number of benzene rings is 1. The monoisotopic (exact) mass is 264 g/mol. The standard InChI is InChI=1S/C15H17FO3/c1-10-7-11(3-4-12(10)16)15(8-19-9-15)14(5-6-14)13(17)18-2/h3-4,7H,5-6,8-9H2,1-2H3. The van der Waals surface area contributed by atoms with E-state index in [0.29, 0.717) is 18.8 Å². The molecule has 2 aliphatic rings. The number of esters is 1. The van der Waals surface area contributed by atoms with Crippen LogP contribution in [0.15, 0.2) is 18.2 Å². The summed E-state index contributed by atoms with van der Waals surface area (Å²) in [4.78, 5) is 12.1. The minimum Gasteiger partial charge on any atom is -0.469 e. The molecule has 0 aromatic heterocycles. The molecular weight excluding hydrogens is 247 g/mol. The molecule has 1 saturated carbocycles. The number of carbonyl (C=O) groups excluding carboxylic acids is 1. The summed E-state index contributed by atoms with van der Waals surface area (Å²) in [7, 11) is 1.42. The average Bonchev–Trinajstić information content (AvgIpc) is 3.13. The third kappa shape index (κ3) is 1.56. The summed E-state index contributed by atoms with van der Waals surface area (Å²) in [5.41, 5.74) is 0.785. The average molecular weight is 264 g/mol. The molecule has 1 aliphatic heterocycles. The molecule has 2 fully saturated rings. The first kappa shape index (κ1) is 12.6. The Labute approximate surface area is 111 Å². The molecule has 0 atom stereocenters. The molecule has 0 unspecified atom stereocenters. The number of halogens is 1. The van der Waals surface area contributed by atoms with Crippen LogP contribution in [0.1, 0.15) is 24.0 Å². The van der Waals surface area contributed by atoms with Gasteiger partial charge in [-0.1, -0.05) is 12.1 Å². The molecule has 0 radical (unpaired) electrons. The van der Waals surface area contributed by atoms with E-state index in [1.54, 1.807) is 13.0 Å². The topological polar surface area (TPSA) is 35.5 Å². The fourth-order valence-electron chi connectivity index (χ4n) is 3.17. The highest BCUT2D eigenvalue weighted by molar-refractivity contribution is 5.82. The molecule has 1 saturated heterocycles. The summed E-state index contributed by atoms with van der Waals surface area (Å²) in [6.07, 6.45) is 1.64. The van der Waals surface area contributed by atoms with Crippen molar-refractivity contribution in [3.63, 3.8) is 0 Å². The zero-order chi connectivity index (χ0) is 13.7. The lowest BCUT2D eigenvalue weighted by Crippen LogP contribution is -2.56. The summed E-state index contributed by atoms with van der Waals surface area (Å²) in [5.74, 6) is -0.389. The highest BCUT2D eigenvalue weighted by atomic mass is 19.1. The lowest BCUT2D eigenvalue weighted by molar-refractivity contribution is -0.164. The molecule has 1 aliphatic carbocycles. The molecule has 1 aromatic carbocycles. The SMILES string of the molecule is COC(=O)C1(C2(c3ccc(F)c(C)c3)COC2)CC1. The van der Waals surface area contributed by atoms with Crippen LogP contribution in [0, 0.1) is 18.2 Å². The Kier molecular flexibility index (Phi) is 2.68. The van der Waals surface area contributed by atoms with Crippen molar-refractivity contribution in [2.45, 2.75) is 25.2 Å². The molecule has 3 nitrogen and oxygen atoms in total. The van der Waals surface area contributed by atoms with Crippen molar-refractivity contribution in [1.29, 1.82) is 0 Å². The smallest absolute Gasteiger partial charge is 0.312 e. The lowest BCUT2D eigenvalue weighted by atomic mass is 9.66. The van der Waals surface area contributed by atoms with Crippen LogP contribution in [-0.4, -0.2) is 26.3 Å². The largest absolute Gasteiger partial charge is 0.469 e. The second-order valence-corrected chi connectivity index (χ2v) is 5.61. The van der Waals surface area contributed by atoms with Crippen LogP contribution in [-0.2, 0) is 19.7 Å². The first-order chi connectivity index (χ1) is 9.06. The van der Waals surface area contributed by atoms with Gasteiger partial charge in [-0.15, -0.1) is 0 Å². The molecule has 0 spiro atoms. The fourth-order valence-corrected chi connectivity index (χ4v) is 3.17. The highest BCUT2D eigenvalue weighted by Crippen LogP contribution is 2.63. The molecule has 1 heterocycles. The number of rotatable bonds is 3. The Morgan fingerprint density at radius 1 is 1.37 bits per heavy atom. The van der Waals surface area contributed by atoms with Gasteiger partial charge in [0, 0.05) is 0 Å². The minimum atomic E-state index is -0.468. The van der Waals surface area contributed by atoms with Gasteiger partial charge in [-0.25, -0.2) is 4.39 Å². The van der Waals surface area contributed by atoms with E-state index in [0.717, 1.165) is 18.4 Å². The van der Waals surface area contributed by atoms with Gasteiger partial charge in [0.15, 0.2) is 0 Å². The Balaban J connectivity index is 2.04. The first-order valence-electron chi connectivity index (χ1n) is 6.49. The normalized spacial score (nSPS) is 22.5. The number of hydrogen-bond acceptors (Lipinski definition) is 3. The predicted octanol–water partition coefficient (Wildman–Crippen LogP) is 2.36. The maximum Gasteiger partial charge on any atom is 0.312 e. The molecule has 1 aromatic rings. The van der Waals surface area contributed by atoms with Crippen LogP contribution in [0.2, 0.25) is 0 Å². The summed E-state index contributed by atoms with van der Waals surface area (Å²) >= 11 is 0. The van der Waals surface area contributed by atoms with E-state index in [2.05, 4.69) is 0 Å². The molecule has 19 heavy (non-hydrogen) atoms. The van der Waals surface area contributed by atoms with E-state index in [-0.39, 0.29) is 17.2 Å². The van der Waals surface area contributed by atoms with Crippen LogP contribution in [0.4, 0.5) is 4.39 Å². The molecule has 0 bridgehead atoms. The van der Waals surface area contributed by atoms with Gasteiger partial charge in [0.2, 0.25) is 0 Å². The molecule has 0 N–H and O–H groups in total. The van der Waals surface area contributed by atoms with Gasteiger partial charge in [0.05, 0.1) is 31.2 Å². The third-order valence-corrected chi connectivity index (χ3v) is 4.65. The van der Waals surface area contributed by atoms with Gasteiger partial charge in [0.25, 0.3) is 0 Å². The van der Waals surface area contributed by atoms with Crippen molar-refractivity contribution in [3.05, 3.63) is 35.1 Å². The van der Waals surface area contributed by atoms with Gasteiger partial charge in [-0.3, -0.25) is 4.79 Å². The Morgan fingerprint density at radius 2 is 2.05 bits per heavy atom. The predicted molar refractivity (Wildman–Crippen MR) is 67.3 cm³/mol. The van der Waals surface area contributed by atoms with Crippen LogP contribution in [0.5, 0.6) is 0 Å². The quantitative estimate of drug-likeness (QED) is 0.786. The summed E-state index contributed by atoms with van der Waals surface area (Å²) in [6, 6.07) is 5.08. The van der Waals surface area contributed by atoms with Gasteiger partial charge < -0.3 is 9.47 Å². The van der Waals surface area contributed by atoms with Crippen molar-refractivity contribution >= 4 is 5.97 Å². The third-order valence-electron chi connectivity index (χ3n) is 4.65. The first-order valence-corrected chi connectivity index (χ1v) is 6.49. The van der Waals surface area contributed by atoms with E-state index in [9.17, 15) is 9.18 Å². The number of ether oxygens (including phenoxy) is 2. The summed E-state index contributed by atoms with van der Waals surface area (Å²) in [5, 5.41) is 0. The molecule has 3 rings (SSSR count). The minimum absolute atomic E-state index is 0.169. The second kappa shape index (κ2) is 4.04.